The molecule has 0 radical (unpaired) electrons. The highest BCUT2D eigenvalue weighted by Gasteiger charge is 2.12. The lowest BCUT2D eigenvalue weighted by Gasteiger charge is -2.05. The molecule has 0 saturated carbocycles. The van der Waals surface area contributed by atoms with E-state index in [1.165, 1.54) is 0 Å². The number of aryl methyl sites for hydroxylation is 2. The van der Waals surface area contributed by atoms with E-state index in [0.29, 0.717) is 29.0 Å². The van der Waals surface area contributed by atoms with Crippen molar-refractivity contribution < 1.29 is 0 Å². The molecule has 2 rings (SSSR count). The van der Waals surface area contributed by atoms with Crippen LogP contribution in [-0.4, -0.2) is 19.1 Å². The van der Waals surface area contributed by atoms with E-state index >= 15 is 0 Å². The van der Waals surface area contributed by atoms with Gasteiger partial charge in [-0.15, -0.1) is 0 Å². The molecular weight excluding hydrogens is 252 g/mol. The molecule has 0 amide bonds. The lowest BCUT2D eigenvalue weighted by atomic mass is 10.3. The van der Waals surface area contributed by atoms with Crippen molar-refractivity contribution in [1.82, 2.24) is 19.1 Å². The number of aromatic nitrogens is 4. The molecular formula is C11H16N4O2S. The van der Waals surface area contributed by atoms with Crippen LogP contribution in [0.5, 0.6) is 0 Å². The Morgan fingerprint density at radius 1 is 1.17 bits per heavy atom. The van der Waals surface area contributed by atoms with Gasteiger partial charge in [0.2, 0.25) is 0 Å². The first-order valence-corrected chi connectivity index (χ1v) is 6.46. The number of hydrogen-bond acceptors (Lipinski definition) is 3. The van der Waals surface area contributed by atoms with Gasteiger partial charge in [0.05, 0.1) is 0 Å². The fourth-order valence-electron chi connectivity index (χ4n) is 2.04. The van der Waals surface area contributed by atoms with Crippen LogP contribution >= 0.6 is 12.2 Å². The molecule has 0 aromatic carbocycles. The van der Waals surface area contributed by atoms with Crippen LogP contribution in [0.15, 0.2) is 9.59 Å². The van der Waals surface area contributed by atoms with Crippen molar-refractivity contribution in [3.63, 3.8) is 0 Å². The minimum atomic E-state index is -0.392. The largest absolute Gasteiger partial charge is 0.330 e. The molecule has 18 heavy (non-hydrogen) atoms. The van der Waals surface area contributed by atoms with Gasteiger partial charge in [-0.3, -0.25) is 14.3 Å². The molecule has 98 valence electrons. The van der Waals surface area contributed by atoms with Gasteiger partial charge >= 0.3 is 5.69 Å². The Balaban J connectivity index is 2.83. The molecule has 0 aliphatic rings. The second-order valence-corrected chi connectivity index (χ2v) is 4.52. The molecule has 0 fully saturated rings. The van der Waals surface area contributed by atoms with Gasteiger partial charge in [0.1, 0.15) is 5.65 Å². The number of unbranched alkanes of at least 4 members (excludes halogenated alkanes) is 1. The van der Waals surface area contributed by atoms with E-state index in [0.717, 1.165) is 12.8 Å². The van der Waals surface area contributed by atoms with Gasteiger partial charge in [-0.2, -0.15) is 0 Å². The van der Waals surface area contributed by atoms with Crippen molar-refractivity contribution in [2.75, 3.05) is 0 Å². The maximum absolute atomic E-state index is 11.9. The Labute approximate surface area is 108 Å². The number of nitrogens with zero attached hydrogens (tertiary/aromatic N) is 2. The number of fused-ring (bicyclic) bond motifs is 1. The number of H-pyrrole nitrogens is 2. The zero-order valence-electron chi connectivity index (χ0n) is 10.4. The van der Waals surface area contributed by atoms with E-state index in [2.05, 4.69) is 9.97 Å². The minimum Gasteiger partial charge on any atom is -0.316 e. The van der Waals surface area contributed by atoms with Gasteiger partial charge in [0.15, 0.2) is 10.3 Å². The van der Waals surface area contributed by atoms with Crippen molar-refractivity contribution in [3.8, 4) is 0 Å². The van der Waals surface area contributed by atoms with Crippen molar-refractivity contribution in [2.24, 2.45) is 0 Å². The molecule has 0 aliphatic carbocycles. The average molecular weight is 268 g/mol. The summed E-state index contributed by atoms with van der Waals surface area (Å²) in [6.07, 6.45) is 1.85. The first kappa shape index (κ1) is 12.8. The molecule has 0 saturated heterocycles. The average Bonchev–Trinajstić information content (AvgIpc) is 2.66. The van der Waals surface area contributed by atoms with E-state index in [-0.39, 0.29) is 5.69 Å². The topological polar surface area (TPSA) is 75.6 Å². The summed E-state index contributed by atoms with van der Waals surface area (Å²) in [6, 6.07) is 0. The molecule has 0 atom stereocenters. The lowest BCUT2D eigenvalue weighted by Crippen LogP contribution is -2.31. The van der Waals surface area contributed by atoms with Crippen molar-refractivity contribution in [1.29, 1.82) is 0 Å². The summed E-state index contributed by atoms with van der Waals surface area (Å²) >= 11 is 5.17. The molecule has 0 bridgehead atoms. The molecule has 2 heterocycles. The van der Waals surface area contributed by atoms with Crippen LogP contribution in [0.25, 0.3) is 11.2 Å². The summed E-state index contributed by atoms with van der Waals surface area (Å²) in [4.78, 5) is 29.0. The predicted octanol–water partition coefficient (Wildman–Crippen LogP) is 1.37. The first-order chi connectivity index (χ1) is 8.60. The lowest BCUT2D eigenvalue weighted by molar-refractivity contribution is 0.613. The molecule has 2 aromatic heterocycles. The quantitative estimate of drug-likeness (QED) is 0.822. The second-order valence-electron chi connectivity index (χ2n) is 4.14. The van der Waals surface area contributed by atoms with Gasteiger partial charge in [-0.05, 0) is 25.6 Å². The van der Waals surface area contributed by atoms with E-state index in [1.54, 1.807) is 9.13 Å². The van der Waals surface area contributed by atoms with Crippen LogP contribution < -0.4 is 11.2 Å². The molecule has 6 nitrogen and oxygen atoms in total. The third kappa shape index (κ3) is 1.94. The first-order valence-electron chi connectivity index (χ1n) is 6.05. The highest BCUT2D eigenvalue weighted by molar-refractivity contribution is 7.71. The number of nitrogens with one attached hydrogen (secondary N) is 2. The highest BCUT2D eigenvalue weighted by Crippen LogP contribution is 2.08. The normalized spacial score (nSPS) is 11.2. The van der Waals surface area contributed by atoms with E-state index in [1.807, 2.05) is 13.8 Å². The van der Waals surface area contributed by atoms with Crippen LogP contribution in [-0.2, 0) is 13.1 Å². The van der Waals surface area contributed by atoms with Gasteiger partial charge < -0.3 is 9.55 Å². The summed E-state index contributed by atoms with van der Waals surface area (Å²) < 4.78 is 3.71. The Kier molecular flexibility index (Phi) is 3.51. The number of imidazole rings is 1. The fourth-order valence-corrected chi connectivity index (χ4v) is 2.36. The molecule has 2 N–H and O–H groups in total. The third-order valence-corrected chi connectivity index (χ3v) is 3.29. The van der Waals surface area contributed by atoms with Gasteiger partial charge in [-0.25, -0.2) is 4.79 Å². The number of rotatable bonds is 4. The van der Waals surface area contributed by atoms with Crippen LogP contribution in [0, 0.1) is 4.77 Å². The van der Waals surface area contributed by atoms with Gasteiger partial charge in [0, 0.05) is 13.1 Å². The predicted molar refractivity (Wildman–Crippen MR) is 72.6 cm³/mol. The Morgan fingerprint density at radius 3 is 2.50 bits per heavy atom. The van der Waals surface area contributed by atoms with E-state index in [4.69, 9.17) is 12.2 Å². The fraction of sp³-hybridized carbons (Fsp3) is 0.545. The smallest absolute Gasteiger partial charge is 0.316 e. The molecule has 0 aliphatic heterocycles. The summed E-state index contributed by atoms with van der Waals surface area (Å²) in [7, 11) is 0. The molecule has 7 heteroatoms. The summed E-state index contributed by atoms with van der Waals surface area (Å²) in [5.41, 5.74) is 0.180. The Morgan fingerprint density at radius 2 is 1.89 bits per heavy atom. The molecule has 0 unspecified atom stereocenters. The zero-order valence-corrected chi connectivity index (χ0v) is 11.3. The van der Waals surface area contributed by atoms with Gasteiger partial charge in [0.25, 0.3) is 5.56 Å². The van der Waals surface area contributed by atoms with Crippen molar-refractivity contribution in [3.05, 3.63) is 25.6 Å². The number of aromatic amines is 2. The van der Waals surface area contributed by atoms with Crippen LogP contribution in [0.4, 0.5) is 0 Å². The SMILES string of the molecule is CCCCn1c(=O)[nH]c(=O)c2c1[nH]c(=S)n2CC. The van der Waals surface area contributed by atoms with Crippen molar-refractivity contribution >= 4 is 23.4 Å². The molecule has 0 spiro atoms. The summed E-state index contributed by atoms with van der Waals surface area (Å²) in [5, 5.41) is 0. The van der Waals surface area contributed by atoms with Crippen LogP contribution in [0.2, 0.25) is 0 Å². The Bertz CT molecular complexity index is 734. The van der Waals surface area contributed by atoms with Crippen LogP contribution in [0.3, 0.4) is 0 Å². The monoisotopic (exact) mass is 268 g/mol. The minimum absolute atomic E-state index is 0.388. The molecule has 2 aromatic rings. The second kappa shape index (κ2) is 4.93. The standard InChI is InChI=1S/C11H16N4O2S/c1-3-5-6-15-8-7(9(16)13-10(15)17)14(4-2)11(18)12-8/h3-6H2,1-2H3,(H,12,18)(H,13,16,17). The third-order valence-electron chi connectivity index (χ3n) is 2.97. The maximum Gasteiger partial charge on any atom is 0.330 e. The Hall–Kier alpha value is -1.63. The summed E-state index contributed by atoms with van der Waals surface area (Å²) in [5.74, 6) is 0. The maximum atomic E-state index is 11.9. The zero-order chi connectivity index (χ0) is 13.3. The van der Waals surface area contributed by atoms with Gasteiger partial charge in [-0.1, -0.05) is 13.3 Å². The van der Waals surface area contributed by atoms with E-state index < -0.39 is 5.56 Å². The van der Waals surface area contributed by atoms with Crippen molar-refractivity contribution in [2.45, 2.75) is 39.8 Å². The number of hydrogen-bond donors (Lipinski definition) is 2. The van der Waals surface area contributed by atoms with Crippen LogP contribution in [0.1, 0.15) is 26.7 Å². The summed E-state index contributed by atoms with van der Waals surface area (Å²) in [6.45, 7) is 5.12. The van der Waals surface area contributed by atoms with E-state index in [9.17, 15) is 9.59 Å². The highest BCUT2D eigenvalue weighted by atomic mass is 32.1.